The molecule has 1 N–H and O–H groups in total. The Bertz CT molecular complexity index is 547. The van der Waals surface area contributed by atoms with Crippen LogP contribution in [0.4, 0.5) is 4.39 Å². The topological polar surface area (TPSA) is 70.8 Å². The van der Waals surface area contributed by atoms with Crippen molar-refractivity contribution in [3.05, 3.63) is 35.1 Å². The van der Waals surface area contributed by atoms with Crippen LogP contribution in [-0.4, -0.2) is 35.0 Å². The van der Waals surface area contributed by atoms with E-state index in [2.05, 4.69) is 0 Å². The molecule has 0 unspecified atom stereocenters. The lowest BCUT2D eigenvalue weighted by Crippen LogP contribution is -2.34. The van der Waals surface area contributed by atoms with E-state index in [1.165, 1.54) is 17.0 Å². The van der Waals surface area contributed by atoms with E-state index in [0.717, 1.165) is 0 Å². The first-order valence-corrected chi connectivity index (χ1v) is 6.02. The van der Waals surface area contributed by atoms with E-state index in [-0.39, 0.29) is 29.5 Å². The quantitative estimate of drug-likeness (QED) is 0.911. The normalized spacial score (nSPS) is 15.3. The molecule has 0 aliphatic carbocycles. The zero-order chi connectivity index (χ0) is 14.0. The van der Waals surface area contributed by atoms with Crippen LogP contribution in [0.2, 0.25) is 0 Å². The minimum atomic E-state index is -1.13. The van der Waals surface area contributed by atoms with Gasteiger partial charge in [0.05, 0.1) is 6.54 Å². The molecule has 0 bridgehead atoms. The molecule has 1 aromatic rings. The number of aromatic carboxylic acids is 1. The van der Waals surface area contributed by atoms with Crippen molar-refractivity contribution >= 4 is 11.9 Å². The number of aryl methyl sites for hydroxylation is 1. The van der Waals surface area contributed by atoms with Crippen LogP contribution in [0.1, 0.15) is 40.0 Å². The monoisotopic (exact) mass is 267 g/mol. The number of carbonyl (C=O) groups excluding carboxylic acids is 1. The fraction of sp³-hybridized carbons (Fsp3) is 0.385. The summed E-state index contributed by atoms with van der Waals surface area (Å²) < 4.78 is 18.4. The fourth-order valence-corrected chi connectivity index (χ4v) is 2.01. The summed E-state index contributed by atoms with van der Waals surface area (Å²) in [4.78, 5) is 24.4. The number of furan rings is 1. The lowest BCUT2D eigenvalue weighted by atomic mass is 10.2. The van der Waals surface area contributed by atoms with E-state index in [1.807, 2.05) is 0 Å². The van der Waals surface area contributed by atoms with Gasteiger partial charge in [-0.05, 0) is 12.5 Å². The summed E-state index contributed by atoms with van der Waals surface area (Å²) in [6, 6.07) is 1.21. The maximum Gasteiger partial charge on any atom is 0.339 e. The van der Waals surface area contributed by atoms with Gasteiger partial charge in [0.25, 0.3) is 5.91 Å². The van der Waals surface area contributed by atoms with Crippen molar-refractivity contribution in [3.63, 3.8) is 0 Å². The highest BCUT2D eigenvalue weighted by Gasteiger charge is 2.25. The number of nitrogens with zero attached hydrogens (tertiary/aromatic N) is 1. The molecule has 0 saturated heterocycles. The molecular formula is C13H14FNO4. The standard InChI is InChI=1S/C13H14FNO4/c1-2-10-9(13(17)18)6-11(19-10)12(16)15-5-3-4-8(14)7-15/h4,6H,2-3,5,7H2,1H3,(H,17,18). The molecule has 2 heterocycles. The summed E-state index contributed by atoms with van der Waals surface area (Å²) in [5, 5.41) is 8.99. The summed E-state index contributed by atoms with van der Waals surface area (Å²) in [6.07, 6.45) is 2.26. The van der Waals surface area contributed by atoms with Crippen LogP contribution in [0, 0.1) is 0 Å². The highest BCUT2D eigenvalue weighted by atomic mass is 19.1. The van der Waals surface area contributed by atoms with Crippen LogP contribution in [0.5, 0.6) is 0 Å². The van der Waals surface area contributed by atoms with E-state index >= 15 is 0 Å². The largest absolute Gasteiger partial charge is 0.478 e. The third-order valence-electron chi connectivity index (χ3n) is 2.97. The van der Waals surface area contributed by atoms with Gasteiger partial charge in [0.2, 0.25) is 0 Å². The molecule has 1 aliphatic heterocycles. The second kappa shape index (κ2) is 5.26. The Hall–Kier alpha value is -2.11. The van der Waals surface area contributed by atoms with Gasteiger partial charge in [-0.15, -0.1) is 0 Å². The van der Waals surface area contributed by atoms with Gasteiger partial charge in [0.15, 0.2) is 5.76 Å². The van der Waals surface area contributed by atoms with Gasteiger partial charge in [0, 0.05) is 19.0 Å². The summed E-state index contributed by atoms with van der Waals surface area (Å²) in [7, 11) is 0. The van der Waals surface area contributed by atoms with Gasteiger partial charge in [-0.1, -0.05) is 6.92 Å². The molecule has 1 amide bonds. The Morgan fingerprint density at radius 2 is 2.26 bits per heavy atom. The van der Waals surface area contributed by atoms with Gasteiger partial charge in [-0.3, -0.25) is 4.79 Å². The third-order valence-corrected chi connectivity index (χ3v) is 2.97. The van der Waals surface area contributed by atoms with Crippen molar-refractivity contribution < 1.29 is 23.5 Å². The van der Waals surface area contributed by atoms with Crippen molar-refractivity contribution in [2.75, 3.05) is 13.1 Å². The summed E-state index contributed by atoms with van der Waals surface area (Å²) in [5.74, 6) is -1.78. The minimum Gasteiger partial charge on any atom is -0.478 e. The van der Waals surface area contributed by atoms with E-state index in [0.29, 0.717) is 19.4 Å². The molecule has 1 aliphatic rings. The van der Waals surface area contributed by atoms with Gasteiger partial charge >= 0.3 is 5.97 Å². The minimum absolute atomic E-state index is 0.0149. The van der Waals surface area contributed by atoms with Crippen molar-refractivity contribution in [1.29, 1.82) is 0 Å². The van der Waals surface area contributed by atoms with Gasteiger partial charge in [-0.25, -0.2) is 9.18 Å². The van der Waals surface area contributed by atoms with E-state index in [9.17, 15) is 14.0 Å². The first-order valence-electron chi connectivity index (χ1n) is 6.02. The SMILES string of the molecule is CCc1oc(C(=O)N2CCC=C(F)C2)cc1C(=O)O. The predicted octanol–water partition coefficient (Wildman–Crippen LogP) is 2.24. The van der Waals surface area contributed by atoms with Crippen LogP contribution in [0.25, 0.3) is 0 Å². The molecule has 2 rings (SSSR count). The fourth-order valence-electron chi connectivity index (χ4n) is 2.01. The Balaban J connectivity index is 2.24. The van der Waals surface area contributed by atoms with Crippen LogP contribution in [-0.2, 0) is 6.42 Å². The maximum absolute atomic E-state index is 13.1. The second-order valence-corrected chi connectivity index (χ2v) is 4.27. The van der Waals surface area contributed by atoms with E-state index in [1.54, 1.807) is 6.92 Å². The van der Waals surface area contributed by atoms with Gasteiger partial charge in [0.1, 0.15) is 17.2 Å². The van der Waals surface area contributed by atoms with E-state index < -0.39 is 11.9 Å². The van der Waals surface area contributed by atoms with Crippen LogP contribution < -0.4 is 0 Å². The Kier molecular flexibility index (Phi) is 3.69. The average Bonchev–Trinajstić information content (AvgIpc) is 2.82. The molecule has 0 saturated carbocycles. The highest BCUT2D eigenvalue weighted by Crippen LogP contribution is 2.20. The van der Waals surface area contributed by atoms with Crippen LogP contribution >= 0.6 is 0 Å². The number of carboxylic acid groups (broad SMARTS) is 1. The van der Waals surface area contributed by atoms with Crippen LogP contribution in [0.3, 0.4) is 0 Å². The Morgan fingerprint density at radius 3 is 2.79 bits per heavy atom. The van der Waals surface area contributed by atoms with Crippen molar-refractivity contribution in [2.24, 2.45) is 0 Å². The van der Waals surface area contributed by atoms with Crippen LogP contribution in [0.15, 0.2) is 22.4 Å². The lowest BCUT2D eigenvalue weighted by Gasteiger charge is -2.23. The maximum atomic E-state index is 13.1. The summed E-state index contributed by atoms with van der Waals surface area (Å²) >= 11 is 0. The number of rotatable bonds is 3. The Morgan fingerprint density at radius 1 is 1.53 bits per heavy atom. The average molecular weight is 267 g/mol. The molecule has 102 valence electrons. The molecule has 5 nitrogen and oxygen atoms in total. The molecule has 0 spiro atoms. The van der Waals surface area contributed by atoms with E-state index in [4.69, 9.17) is 9.52 Å². The molecule has 0 aromatic carbocycles. The zero-order valence-corrected chi connectivity index (χ0v) is 10.5. The number of hydrogen-bond donors (Lipinski definition) is 1. The number of amides is 1. The summed E-state index contributed by atoms with van der Waals surface area (Å²) in [5.41, 5.74) is -0.0149. The Labute approximate surface area is 109 Å². The van der Waals surface area contributed by atoms with Gasteiger partial charge in [-0.2, -0.15) is 0 Å². The van der Waals surface area contributed by atoms with Crippen molar-refractivity contribution in [2.45, 2.75) is 19.8 Å². The lowest BCUT2D eigenvalue weighted by molar-refractivity contribution is 0.0691. The van der Waals surface area contributed by atoms with Crippen molar-refractivity contribution in [3.8, 4) is 0 Å². The molecule has 0 radical (unpaired) electrons. The summed E-state index contributed by atoms with van der Waals surface area (Å²) in [6.45, 7) is 2.04. The molecule has 6 heteroatoms. The zero-order valence-electron chi connectivity index (χ0n) is 10.5. The molecule has 0 fully saturated rings. The molecule has 0 atom stereocenters. The number of carboxylic acids is 1. The number of hydrogen-bond acceptors (Lipinski definition) is 3. The number of halogens is 1. The predicted molar refractivity (Wildman–Crippen MR) is 64.8 cm³/mol. The molecule has 19 heavy (non-hydrogen) atoms. The molecular weight excluding hydrogens is 253 g/mol. The third kappa shape index (κ3) is 2.67. The highest BCUT2D eigenvalue weighted by molar-refractivity contribution is 5.96. The first kappa shape index (κ1) is 13.3. The first-order chi connectivity index (χ1) is 9.02. The van der Waals surface area contributed by atoms with Crippen molar-refractivity contribution in [1.82, 2.24) is 4.90 Å². The van der Waals surface area contributed by atoms with Gasteiger partial charge < -0.3 is 14.4 Å². The second-order valence-electron chi connectivity index (χ2n) is 4.27. The number of carbonyl (C=O) groups is 2. The molecule has 1 aromatic heterocycles. The smallest absolute Gasteiger partial charge is 0.339 e.